The molecule has 0 aliphatic carbocycles. The van der Waals surface area contributed by atoms with Crippen LogP contribution in [-0.4, -0.2) is 12.2 Å². The summed E-state index contributed by atoms with van der Waals surface area (Å²) in [5.74, 6) is -0.306. The van der Waals surface area contributed by atoms with Crippen LogP contribution in [0.2, 0.25) is 0 Å². The standard InChI is InChI=1S/C18H15FO2/c1-21-17-11-15(8-9-16(17)19)18(20)14-7-6-12-4-2-3-5-13(12)10-14/h2-11,18,20H,1H3. The predicted molar refractivity (Wildman–Crippen MR) is 81.0 cm³/mol. The summed E-state index contributed by atoms with van der Waals surface area (Å²) < 4.78 is 18.4. The van der Waals surface area contributed by atoms with Gasteiger partial charge in [0.25, 0.3) is 0 Å². The van der Waals surface area contributed by atoms with Crippen LogP contribution in [0.1, 0.15) is 17.2 Å². The molecule has 3 aromatic rings. The number of fused-ring (bicyclic) bond motifs is 1. The lowest BCUT2D eigenvalue weighted by atomic mass is 9.98. The first-order chi connectivity index (χ1) is 10.2. The van der Waals surface area contributed by atoms with Gasteiger partial charge in [0.15, 0.2) is 11.6 Å². The van der Waals surface area contributed by atoms with E-state index in [2.05, 4.69) is 0 Å². The highest BCUT2D eigenvalue weighted by molar-refractivity contribution is 5.83. The molecule has 0 radical (unpaired) electrons. The Kier molecular flexibility index (Phi) is 3.59. The van der Waals surface area contributed by atoms with Gasteiger partial charge in [0.1, 0.15) is 6.10 Å². The quantitative estimate of drug-likeness (QED) is 0.784. The van der Waals surface area contributed by atoms with Crippen LogP contribution in [0.5, 0.6) is 5.75 Å². The van der Waals surface area contributed by atoms with Gasteiger partial charge in [-0.1, -0.05) is 42.5 Å². The van der Waals surface area contributed by atoms with Crippen LogP contribution in [0.15, 0.2) is 60.7 Å². The summed E-state index contributed by atoms with van der Waals surface area (Å²) in [5, 5.41) is 12.7. The van der Waals surface area contributed by atoms with Crippen LogP contribution in [0.25, 0.3) is 10.8 Å². The Morgan fingerprint density at radius 1 is 0.905 bits per heavy atom. The highest BCUT2D eigenvalue weighted by atomic mass is 19.1. The Labute approximate surface area is 122 Å². The summed E-state index contributed by atoms with van der Waals surface area (Å²) in [6, 6.07) is 18.1. The summed E-state index contributed by atoms with van der Waals surface area (Å²) in [4.78, 5) is 0. The molecule has 0 fully saturated rings. The van der Waals surface area contributed by atoms with E-state index in [4.69, 9.17) is 4.74 Å². The SMILES string of the molecule is COc1cc(C(O)c2ccc3ccccc3c2)ccc1F. The maximum Gasteiger partial charge on any atom is 0.165 e. The Balaban J connectivity index is 2.01. The number of hydrogen-bond acceptors (Lipinski definition) is 2. The molecule has 0 saturated carbocycles. The van der Waals surface area contributed by atoms with E-state index < -0.39 is 11.9 Å². The predicted octanol–water partition coefficient (Wildman–Crippen LogP) is 4.07. The molecule has 1 atom stereocenters. The van der Waals surface area contributed by atoms with Crippen molar-refractivity contribution in [2.75, 3.05) is 7.11 Å². The van der Waals surface area contributed by atoms with Crippen LogP contribution in [0.3, 0.4) is 0 Å². The number of aliphatic hydroxyl groups is 1. The molecule has 0 spiro atoms. The van der Waals surface area contributed by atoms with Gasteiger partial charge in [-0.15, -0.1) is 0 Å². The Bertz CT molecular complexity index is 783. The van der Waals surface area contributed by atoms with Crippen LogP contribution in [0.4, 0.5) is 4.39 Å². The molecule has 1 unspecified atom stereocenters. The number of methoxy groups -OCH3 is 1. The number of benzene rings is 3. The molecule has 21 heavy (non-hydrogen) atoms. The first-order valence-corrected chi connectivity index (χ1v) is 6.69. The highest BCUT2D eigenvalue weighted by Gasteiger charge is 2.13. The monoisotopic (exact) mass is 282 g/mol. The van der Waals surface area contributed by atoms with Crippen molar-refractivity contribution in [3.8, 4) is 5.75 Å². The summed E-state index contributed by atoms with van der Waals surface area (Å²) >= 11 is 0. The molecule has 0 amide bonds. The number of hydrogen-bond donors (Lipinski definition) is 1. The van der Waals surface area contributed by atoms with E-state index in [1.165, 1.54) is 19.2 Å². The third-order valence-electron chi connectivity index (χ3n) is 3.58. The van der Waals surface area contributed by atoms with E-state index in [9.17, 15) is 9.50 Å². The van der Waals surface area contributed by atoms with E-state index in [1.807, 2.05) is 42.5 Å². The maximum absolute atomic E-state index is 13.4. The molecule has 0 heterocycles. The second kappa shape index (κ2) is 5.54. The van der Waals surface area contributed by atoms with Gasteiger partial charge in [-0.25, -0.2) is 4.39 Å². The van der Waals surface area contributed by atoms with Crippen LogP contribution in [0, 0.1) is 5.82 Å². The van der Waals surface area contributed by atoms with E-state index in [0.29, 0.717) is 5.56 Å². The van der Waals surface area contributed by atoms with E-state index in [0.717, 1.165) is 16.3 Å². The van der Waals surface area contributed by atoms with Crippen molar-refractivity contribution >= 4 is 10.8 Å². The summed E-state index contributed by atoms with van der Waals surface area (Å²) in [7, 11) is 1.41. The first-order valence-electron chi connectivity index (χ1n) is 6.69. The van der Waals surface area contributed by atoms with Crippen LogP contribution < -0.4 is 4.74 Å². The van der Waals surface area contributed by atoms with Crippen molar-refractivity contribution < 1.29 is 14.2 Å². The minimum Gasteiger partial charge on any atom is -0.494 e. The van der Waals surface area contributed by atoms with Gasteiger partial charge >= 0.3 is 0 Å². The molecule has 0 aromatic heterocycles. The maximum atomic E-state index is 13.4. The lowest BCUT2D eigenvalue weighted by Crippen LogP contribution is -2.01. The van der Waals surface area contributed by atoms with Crippen molar-refractivity contribution in [2.24, 2.45) is 0 Å². The molecule has 0 bridgehead atoms. The zero-order valence-electron chi connectivity index (χ0n) is 11.6. The zero-order valence-corrected chi connectivity index (χ0v) is 11.6. The van der Waals surface area contributed by atoms with Crippen molar-refractivity contribution in [3.63, 3.8) is 0 Å². The van der Waals surface area contributed by atoms with Gasteiger partial charge in [0.05, 0.1) is 7.11 Å². The molecule has 1 N–H and O–H groups in total. The molecule has 2 nitrogen and oxygen atoms in total. The fourth-order valence-electron chi connectivity index (χ4n) is 2.42. The van der Waals surface area contributed by atoms with E-state index in [-0.39, 0.29) is 5.75 Å². The minimum absolute atomic E-state index is 0.132. The van der Waals surface area contributed by atoms with Crippen LogP contribution >= 0.6 is 0 Å². The third-order valence-corrected chi connectivity index (χ3v) is 3.58. The number of halogens is 1. The second-order valence-electron chi connectivity index (χ2n) is 4.90. The summed E-state index contributed by atoms with van der Waals surface area (Å²) in [5.41, 5.74) is 1.37. The lowest BCUT2D eigenvalue weighted by molar-refractivity contribution is 0.219. The molecule has 0 aliphatic rings. The molecular weight excluding hydrogens is 267 g/mol. The first kappa shape index (κ1) is 13.6. The average Bonchev–Trinajstić information content (AvgIpc) is 2.54. The van der Waals surface area contributed by atoms with Crippen molar-refractivity contribution in [3.05, 3.63) is 77.6 Å². The smallest absolute Gasteiger partial charge is 0.165 e. The Morgan fingerprint density at radius 2 is 1.57 bits per heavy atom. The minimum atomic E-state index is -0.816. The van der Waals surface area contributed by atoms with Gasteiger partial charge in [-0.05, 0) is 40.1 Å². The van der Waals surface area contributed by atoms with Gasteiger partial charge in [-0.2, -0.15) is 0 Å². The molecule has 0 saturated heterocycles. The molecule has 3 rings (SSSR count). The average molecular weight is 282 g/mol. The molecule has 3 heteroatoms. The fraction of sp³-hybridized carbons (Fsp3) is 0.111. The normalized spacial score (nSPS) is 12.3. The van der Waals surface area contributed by atoms with E-state index in [1.54, 1.807) is 6.07 Å². The number of rotatable bonds is 3. The molecule has 0 aliphatic heterocycles. The Hall–Kier alpha value is -2.39. The summed E-state index contributed by atoms with van der Waals surface area (Å²) in [6.07, 6.45) is -0.816. The lowest BCUT2D eigenvalue weighted by Gasteiger charge is -2.14. The topological polar surface area (TPSA) is 29.5 Å². The largest absolute Gasteiger partial charge is 0.494 e. The van der Waals surface area contributed by atoms with Gasteiger partial charge in [0, 0.05) is 0 Å². The number of ether oxygens (including phenoxy) is 1. The summed E-state index contributed by atoms with van der Waals surface area (Å²) in [6.45, 7) is 0. The van der Waals surface area contributed by atoms with Crippen molar-refractivity contribution in [2.45, 2.75) is 6.10 Å². The second-order valence-corrected chi connectivity index (χ2v) is 4.90. The third kappa shape index (κ3) is 2.60. The zero-order chi connectivity index (χ0) is 14.8. The molecular formula is C18H15FO2. The van der Waals surface area contributed by atoms with Gasteiger partial charge in [-0.3, -0.25) is 0 Å². The molecule has 106 valence electrons. The van der Waals surface area contributed by atoms with E-state index >= 15 is 0 Å². The van der Waals surface area contributed by atoms with Gasteiger partial charge in [0.2, 0.25) is 0 Å². The Morgan fingerprint density at radius 3 is 2.33 bits per heavy atom. The van der Waals surface area contributed by atoms with Crippen molar-refractivity contribution in [1.82, 2.24) is 0 Å². The number of aliphatic hydroxyl groups excluding tert-OH is 1. The van der Waals surface area contributed by atoms with Crippen molar-refractivity contribution in [1.29, 1.82) is 0 Å². The highest BCUT2D eigenvalue weighted by Crippen LogP contribution is 2.28. The fourth-order valence-corrected chi connectivity index (χ4v) is 2.42. The van der Waals surface area contributed by atoms with Gasteiger partial charge < -0.3 is 9.84 Å². The molecule has 3 aromatic carbocycles. The van der Waals surface area contributed by atoms with Crippen LogP contribution in [-0.2, 0) is 0 Å².